The van der Waals surface area contributed by atoms with Crippen molar-refractivity contribution in [3.8, 4) is 0 Å². The van der Waals surface area contributed by atoms with Gasteiger partial charge in [-0.05, 0) is 36.8 Å². The molecule has 1 aliphatic carbocycles. The van der Waals surface area contributed by atoms with Gasteiger partial charge in [-0.3, -0.25) is 9.69 Å². The normalized spacial score (nSPS) is 18.1. The minimum absolute atomic E-state index is 0.121. The first-order valence-corrected chi connectivity index (χ1v) is 7.79. The Morgan fingerprint density at radius 2 is 2.21 bits per heavy atom. The molecule has 0 saturated heterocycles. The highest BCUT2D eigenvalue weighted by Crippen LogP contribution is 2.33. The van der Waals surface area contributed by atoms with E-state index in [4.69, 9.17) is 11.5 Å². The molecular weight excluding hydrogens is 258 g/mol. The van der Waals surface area contributed by atoms with Crippen LogP contribution in [0.2, 0.25) is 0 Å². The van der Waals surface area contributed by atoms with E-state index in [1.54, 1.807) is 11.3 Å². The Bertz CT molecular complexity index is 426. The van der Waals surface area contributed by atoms with Gasteiger partial charge in [0.2, 0.25) is 5.91 Å². The van der Waals surface area contributed by atoms with Gasteiger partial charge >= 0.3 is 0 Å². The summed E-state index contributed by atoms with van der Waals surface area (Å²) in [7, 11) is 0. The van der Waals surface area contributed by atoms with Crippen molar-refractivity contribution < 1.29 is 4.79 Å². The zero-order valence-corrected chi connectivity index (χ0v) is 12.3. The number of hydrogen-bond acceptors (Lipinski definition) is 4. The van der Waals surface area contributed by atoms with Crippen molar-refractivity contribution in [1.29, 1.82) is 0 Å². The molecule has 0 spiro atoms. The van der Waals surface area contributed by atoms with Crippen LogP contribution in [0.15, 0.2) is 11.4 Å². The van der Waals surface area contributed by atoms with E-state index in [2.05, 4.69) is 23.3 Å². The summed E-state index contributed by atoms with van der Waals surface area (Å²) in [4.78, 5) is 14.9. The molecule has 0 bridgehead atoms. The number of nitrogens with zero attached hydrogens (tertiary/aromatic N) is 1. The zero-order valence-electron chi connectivity index (χ0n) is 11.5. The van der Waals surface area contributed by atoms with Gasteiger partial charge in [-0.1, -0.05) is 12.8 Å². The SMILES string of the molecule is Cc1ccsc1C(CN)N(CC(N)=O)C1CCCC1. The van der Waals surface area contributed by atoms with E-state index in [1.165, 1.54) is 23.3 Å². The monoisotopic (exact) mass is 281 g/mol. The summed E-state index contributed by atoms with van der Waals surface area (Å²) in [6.45, 7) is 2.95. The summed E-state index contributed by atoms with van der Waals surface area (Å²) < 4.78 is 0. The van der Waals surface area contributed by atoms with Crippen LogP contribution in [-0.2, 0) is 4.79 Å². The molecule has 1 fully saturated rings. The molecule has 2 rings (SSSR count). The molecule has 0 aliphatic heterocycles. The number of carbonyl (C=O) groups is 1. The van der Waals surface area contributed by atoms with Crippen molar-refractivity contribution in [3.63, 3.8) is 0 Å². The van der Waals surface area contributed by atoms with Gasteiger partial charge < -0.3 is 11.5 Å². The van der Waals surface area contributed by atoms with Gasteiger partial charge in [0.05, 0.1) is 12.6 Å². The standard InChI is InChI=1S/C14H23N3OS/c1-10-6-7-19-14(10)12(8-15)17(9-13(16)18)11-4-2-3-5-11/h6-7,11-12H,2-5,8-9,15H2,1H3,(H2,16,18). The lowest BCUT2D eigenvalue weighted by molar-refractivity contribution is -0.120. The molecule has 0 aromatic carbocycles. The summed E-state index contributed by atoms with van der Waals surface area (Å²) in [5.41, 5.74) is 12.7. The van der Waals surface area contributed by atoms with E-state index < -0.39 is 0 Å². The molecular formula is C14H23N3OS. The molecule has 1 saturated carbocycles. The Morgan fingerprint density at radius 3 is 2.68 bits per heavy atom. The predicted molar refractivity (Wildman–Crippen MR) is 79.0 cm³/mol. The molecule has 1 atom stereocenters. The van der Waals surface area contributed by atoms with E-state index in [0.29, 0.717) is 19.1 Å². The van der Waals surface area contributed by atoms with Crippen molar-refractivity contribution in [1.82, 2.24) is 4.90 Å². The second kappa shape index (κ2) is 6.50. The van der Waals surface area contributed by atoms with Gasteiger partial charge in [-0.2, -0.15) is 0 Å². The minimum Gasteiger partial charge on any atom is -0.369 e. The summed E-state index contributed by atoms with van der Waals surface area (Å²) in [5, 5.41) is 2.09. The molecule has 4 N–H and O–H groups in total. The highest BCUT2D eigenvalue weighted by atomic mass is 32.1. The number of amides is 1. The molecule has 1 aliphatic rings. The van der Waals surface area contributed by atoms with Gasteiger partial charge in [0, 0.05) is 17.5 Å². The summed E-state index contributed by atoms with van der Waals surface area (Å²) in [5.74, 6) is -0.264. The molecule has 1 aromatic rings. The van der Waals surface area contributed by atoms with Crippen LogP contribution < -0.4 is 11.5 Å². The van der Waals surface area contributed by atoms with Crippen molar-refractivity contribution in [2.75, 3.05) is 13.1 Å². The fourth-order valence-electron chi connectivity index (χ4n) is 3.03. The number of thiophene rings is 1. The maximum absolute atomic E-state index is 11.4. The van der Waals surface area contributed by atoms with E-state index in [9.17, 15) is 4.79 Å². The average molecular weight is 281 g/mol. The Kier molecular flexibility index (Phi) is 4.96. The smallest absolute Gasteiger partial charge is 0.231 e. The molecule has 0 radical (unpaired) electrons. The van der Waals surface area contributed by atoms with E-state index in [1.807, 2.05) is 0 Å². The average Bonchev–Trinajstić information content (AvgIpc) is 3.00. The topological polar surface area (TPSA) is 72.3 Å². The van der Waals surface area contributed by atoms with Crippen LogP contribution in [0.3, 0.4) is 0 Å². The van der Waals surface area contributed by atoms with Crippen LogP contribution in [0, 0.1) is 6.92 Å². The number of hydrogen-bond donors (Lipinski definition) is 2. The zero-order chi connectivity index (χ0) is 13.8. The minimum atomic E-state index is -0.264. The molecule has 1 amide bonds. The van der Waals surface area contributed by atoms with Gasteiger partial charge in [0.1, 0.15) is 0 Å². The number of primary amides is 1. The largest absolute Gasteiger partial charge is 0.369 e. The summed E-state index contributed by atoms with van der Waals surface area (Å²) >= 11 is 1.72. The third kappa shape index (κ3) is 3.35. The molecule has 4 nitrogen and oxygen atoms in total. The Hall–Kier alpha value is -0.910. The first-order chi connectivity index (χ1) is 9.13. The Balaban J connectivity index is 2.23. The van der Waals surface area contributed by atoms with Crippen LogP contribution in [0.5, 0.6) is 0 Å². The van der Waals surface area contributed by atoms with Crippen molar-refractivity contribution >= 4 is 17.2 Å². The van der Waals surface area contributed by atoms with Crippen LogP contribution in [0.4, 0.5) is 0 Å². The Morgan fingerprint density at radius 1 is 1.53 bits per heavy atom. The lowest BCUT2D eigenvalue weighted by Gasteiger charge is -2.35. The van der Waals surface area contributed by atoms with Gasteiger partial charge in [-0.15, -0.1) is 11.3 Å². The highest BCUT2D eigenvalue weighted by Gasteiger charge is 2.31. The highest BCUT2D eigenvalue weighted by molar-refractivity contribution is 7.10. The Labute approximate surface area is 118 Å². The summed E-state index contributed by atoms with van der Waals surface area (Å²) in [6, 6.07) is 2.68. The maximum atomic E-state index is 11.4. The molecule has 5 heteroatoms. The van der Waals surface area contributed by atoms with Crippen LogP contribution in [0.1, 0.15) is 42.2 Å². The first kappa shape index (κ1) is 14.5. The van der Waals surface area contributed by atoms with E-state index in [-0.39, 0.29) is 11.9 Å². The van der Waals surface area contributed by atoms with Crippen LogP contribution in [0.25, 0.3) is 0 Å². The second-order valence-electron chi connectivity index (χ2n) is 5.30. The van der Waals surface area contributed by atoms with E-state index in [0.717, 1.165) is 12.8 Å². The maximum Gasteiger partial charge on any atom is 0.231 e. The number of nitrogens with two attached hydrogens (primary N) is 2. The molecule has 19 heavy (non-hydrogen) atoms. The number of carbonyl (C=O) groups excluding carboxylic acids is 1. The second-order valence-corrected chi connectivity index (χ2v) is 6.24. The quantitative estimate of drug-likeness (QED) is 0.835. The first-order valence-electron chi connectivity index (χ1n) is 6.91. The van der Waals surface area contributed by atoms with Crippen molar-refractivity contribution in [2.24, 2.45) is 11.5 Å². The number of aryl methyl sites for hydroxylation is 1. The molecule has 106 valence electrons. The van der Waals surface area contributed by atoms with Gasteiger partial charge in [0.15, 0.2) is 0 Å². The third-order valence-electron chi connectivity index (χ3n) is 3.96. The van der Waals surface area contributed by atoms with E-state index >= 15 is 0 Å². The molecule has 1 heterocycles. The van der Waals surface area contributed by atoms with Crippen molar-refractivity contribution in [2.45, 2.75) is 44.7 Å². The van der Waals surface area contributed by atoms with Crippen molar-refractivity contribution in [3.05, 3.63) is 21.9 Å². The number of rotatable bonds is 6. The van der Waals surface area contributed by atoms with Gasteiger partial charge in [-0.25, -0.2) is 0 Å². The fraction of sp³-hybridized carbons (Fsp3) is 0.643. The molecule has 1 unspecified atom stereocenters. The predicted octanol–water partition coefficient (Wildman–Crippen LogP) is 1.79. The fourth-order valence-corrected chi connectivity index (χ4v) is 4.09. The lowest BCUT2D eigenvalue weighted by atomic mass is 10.1. The molecule has 1 aromatic heterocycles. The third-order valence-corrected chi connectivity index (χ3v) is 5.08. The van der Waals surface area contributed by atoms with Crippen LogP contribution in [-0.4, -0.2) is 29.9 Å². The summed E-state index contributed by atoms with van der Waals surface area (Å²) in [6.07, 6.45) is 4.77. The van der Waals surface area contributed by atoms with Gasteiger partial charge in [0.25, 0.3) is 0 Å². The van der Waals surface area contributed by atoms with Crippen LogP contribution >= 0.6 is 11.3 Å². The lowest BCUT2D eigenvalue weighted by Crippen LogP contribution is -2.44.